The molecule has 2 aromatic rings. The fourth-order valence-electron chi connectivity index (χ4n) is 2.17. The number of rotatable bonds is 6. The molecule has 0 aliphatic heterocycles. The van der Waals surface area contributed by atoms with Crippen molar-refractivity contribution in [3.63, 3.8) is 0 Å². The molecule has 2 rings (SSSR count). The first kappa shape index (κ1) is 17.4. The molecule has 0 unspecified atom stereocenters. The van der Waals surface area contributed by atoms with Crippen LogP contribution in [0.25, 0.3) is 0 Å². The maximum absolute atomic E-state index is 13.2. The highest BCUT2D eigenvalue weighted by Gasteiger charge is 2.23. The summed E-state index contributed by atoms with van der Waals surface area (Å²) in [6.45, 7) is 0. The van der Waals surface area contributed by atoms with Crippen molar-refractivity contribution in [3.8, 4) is 5.75 Å². The number of hydrogen-bond acceptors (Lipinski definition) is 3. The molecule has 0 bridgehead atoms. The highest BCUT2D eigenvalue weighted by molar-refractivity contribution is 5.96. The van der Waals surface area contributed by atoms with Crippen molar-refractivity contribution in [1.29, 1.82) is 0 Å². The molecule has 2 N–H and O–H groups in total. The summed E-state index contributed by atoms with van der Waals surface area (Å²) in [4.78, 5) is 23.5. The topological polar surface area (TPSA) is 75.6 Å². The number of carboxylic acid groups (broad SMARTS) is 1. The summed E-state index contributed by atoms with van der Waals surface area (Å²) in [5, 5.41) is 11.6. The Labute approximate surface area is 136 Å². The zero-order chi connectivity index (χ0) is 17.7. The van der Waals surface area contributed by atoms with E-state index in [1.54, 1.807) is 24.3 Å². The number of methoxy groups -OCH3 is 1. The van der Waals surface area contributed by atoms with E-state index in [9.17, 15) is 23.5 Å². The Balaban J connectivity index is 2.17. The normalized spacial score (nSPS) is 11.6. The van der Waals surface area contributed by atoms with Crippen molar-refractivity contribution in [1.82, 2.24) is 5.32 Å². The van der Waals surface area contributed by atoms with E-state index in [1.807, 2.05) is 0 Å². The third-order valence-electron chi connectivity index (χ3n) is 3.40. The molecule has 0 radical (unpaired) electrons. The fourth-order valence-corrected chi connectivity index (χ4v) is 2.17. The lowest BCUT2D eigenvalue weighted by Crippen LogP contribution is -2.42. The Bertz CT molecular complexity index is 764. The van der Waals surface area contributed by atoms with Crippen LogP contribution in [0.5, 0.6) is 5.75 Å². The van der Waals surface area contributed by atoms with E-state index in [0.29, 0.717) is 17.4 Å². The predicted octanol–water partition coefficient (Wildman–Crippen LogP) is 2.40. The van der Waals surface area contributed by atoms with E-state index < -0.39 is 29.6 Å². The second-order valence-electron chi connectivity index (χ2n) is 5.01. The first-order chi connectivity index (χ1) is 11.4. The Morgan fingerprint density at radius 2 is 1.88 bits per heavy atom. The van der Waals surface area contributed by atoms with E-state index in [1.165, 1.54) is 7.11 Å². The van der Waals surface area contributed by atoms with Crippen LogP contribution in [0, 0.1) is 11.6 Å². The van der Waals surface area contributed by atoms with Gasteiger partial charge in [0.05, 0.1) is 7.11 Å². The van der Waals surface area contributed by atoms with E-state index in [4.69, 9.17) is 4.74 Å². The lowest BCUT2D eigenvalue weighted by Gasteiger charge is -2.16. The molecular weight excluding hydrogens is 320 g/mol. The first-order valence-corrected chi connectivity index (χ1v) is 7.03. The molecule has 1 atom stereocenters. The molecule has 0 saturated carbocycles. The van der Waals surface area contributed by atoms with Gasteiger partial charge in [0, 0.05) is 12.0 Å². The molecular formula is C17H15F2NO4. The molecule has 5 nitrogen and oxygen atoms in total. The van der Waals surface area contributed by atoms with Gasteiger partial charge >= 0.3 is 5.97 Å². The summed E-state index contributed by atoms with van der Waals surface area (Å²) in [5.41, 5.74) is 0.429. The monoisotopic (exact) mass is 335 g/mol. The van der Waals surface area contributed by atoms with E-state index in [0.717, 1.165) is 12.1 Å². The predicted molar refractivity (Wildman–Crippen MR) is 81.9 cm³/mol. The lowest BCUT2D eigenvalue weighted by molar-refractivity contribution is -0.139. The molecule has 0 aliphatic carbocycles. The number of halogens is 2. The largest absolute Gasteiger partial charge is 0.496 e. The number of amides is 1. The van der Waals surface area contributed by atoms with Gasteiger partial charge in [0.25, 0.3) is 5.91 Å². The van der Waals surface area contributed by atoms with E-state index in [-0.39, 0.29) is 12.0 Å². The summed E-state index contributed by atoms with van der Waals surface area (Å²) in [5.74, 6) is -3.84. The standard InChI is InChI=1S/C17H15F2NO4/c1-24-15-5-3-2-4-10(15)9-14(17(22)23)20-16(21)11-6-7-12(18)13(19)8-11/h2-8,14H,9H2,1H3,(H,20,21)(H,22,23)/t14-/m0/s1. The van der Waals surface area contributed by atoms with Crippen LogP contribution in [0.4, 0.5) is 8.78 Å². The van der Waals surface area contributed by atoms with Crippen LogP contribution in [0.1, 0.15) is 15.9 Å². The van der Waals surface area contributed by atoms with Gasteiger partial charge in [-0.2, -0.15) is 0 Å². The van der Waals surface area contributed by atoms with Crippen LogP contribution >= 0.6 is 0 Å². The van der Waals surface area contributed by atoms with Crippen LogP contribution in [-0.4, -0.2) is 30.1 Å². The Morgan fingerprint density at radius 1 is 1.17 bits per heavy atom. The third kappa shape index (κ3) is 4.07. The van der Waals surface area contributed by atoms with Crippen LogP contribution in [0.3, 0.4) is 0 Å². The number of carbonyl (C=O) groups is 2. The second-order valence-corrected chi connectivity index (χ2v) is 5.01. The van der Waals surface area contributed by atoms with Crippen molar-refractivity contribution in [2.45, 2.75) is 12.5 Å². The number of carbonyl (C=O) groups excluding carboxylic acids is 1. The van der Waals surface area contributed by atoms with Gasteiger partial charge in [0.15, 0.2) is 11.6 Å². The van der Waals surface area contributed by atoms with Gasteiger partial charge in [-0.3, -0.25) is 4.79 Å². The second kappa shape index (κ2) is 7.54. The van der Waals surface area contributed by atoms with Gasteiger partial charge in [-0.1, -0.05) is 18.2 Å². The number of carboxylic acids is 1. The molecule has 0 saturated heterocycles. The summed E-state index contributed by atoms with van der Waals surface area (Å²) in [7, 11) is 1.45. The van der Waals surface area contributed by atoms with Crippen LogP contribution in [0.2, 0.25) is 0 Å². The van der Waals surface area contributed by atoms with Gasteiger partial charge in [0.1, 0.15) is 11.8 Å². The van der Waals surface area contributed by atoms with Gasteiger partial charge in [-0.05, 0) is 29.8 Å². The quantitative estimate of drug-likeness (QED) is 0.850. The molecule has 0 fully saturated rings. The number of benzene rings is 2. The van der Waals surface area contributed by atoms with Gasteiger partial charge in [-0.25, -0.2) is 13.6 Å². The Morgan fingerprint density at radius 3 is 2.50 bits per heavy atom. The molecule has 0 aliphatic rings. The minimum atomic E-state index is -1.25. The molecule has 2 aromatic carbocycles. The van der Waals surface area contributed by atoms with Crippen molar-refractivity contribution in [2.24, 2.45) is 0 Å². The summed E-state index contributed by atoms with van der Waals surface area (Å²) >= 11 is 0. The molecule has 7 heteroatoms. The highest BCUT2D eigenvalue weighted by Crippen LogP contribution is 2.19. The summed E-state index contributed by atoms with van der Waals surface area (Å²) in [6, 6.07) is 8.15. The Hall–Kier alpha value is -2.96. The van der Waals surface area contributed by atoms with Gasteiger partial charge < -0.3 is 15.2 Å². The SMILES string of the molecule is COc1ccccc1C[C@H](NC(=O)c1ccc(F)c(F)c1)C(=O)O. The fraction of sp³-hybridized carbons (Fsp3) is 0.176. The van der Waals surface area contributed by atoms with E-state index in [2.05, 4.69) is 5.32 Å². The van der Waals surface area contributed by atoms with Crippen LogP contribution < -0.4 is 10.1 Å². The maximum atomic E-state index is 13.2. The maximum Gasteiger partial charge on any atom is 0.326 e. The average Bonchev–Trinajstić information content (AvgIpc) is 2.56. The smallest absolute Gasteiger partial charge is 0.326 e. The van der Waals surface area contributed by atoms with Gasteiger partial charge in [-0.15, -0.1) is 0 Å². The number of para-hydroxylation sites is 1. The van der Waals surface area contributed by atoms with Crippen molar-refractivity contribution in [2.75, 3.05) is 7.11 Å². The summed E-state index contributed by atoms with van der Waals surface area (Å²) < 4.78 is 31.2. The zero-order valence-electron chi connectivity index (χ0n) is 12.8. The zero-order valence-corrected chi connectivity index (χ0v) is 12.8. The van der Waals surface area contributed by atoms with Crippen molar-refractivity contribution in [3.05, 3.63) is 65.2 Å². The average molecular weight is 335 g/mol. The minimum Gasteiger partial charge on any atom is -0.496 e. The molecule has 1 amide bonds. The number of aliphatic carboxylic acids is 1. The highest BCUT2D eigenvalue weighted by atomic mass is 19.2. The first-order valence-electron chi connectivity index (χ1n) is 7.03. The number of hydrogen-bond donors (Lipinski definition) is 2. The number of nitrogens with one attached hydrogen (secondary N) is 1. The molecule has 0 aromatic heterocycles. The molecule has 126 valence electrons. The van der Waals surface area contributed by atoms with Crippen molar-refractivity contribution >= 4 is 11.9 Å². The van der Waals surface area contributed by atoms with Crippen molar-refractivity contribution < 1.29 is 28.2 Å². The number of ether oxygens (including phenoxy) is 1. The van der Waals surface area contributed by atoms with Crippen LogP contribution in [0.15, 0.2) is 42.5 Å². The lowest BCUT2D eigenvalue weighted by atomic mass is 10.0. The molecule has 24 heavy (non-hydrogen) atoms. The molecule has 0 spiro atoms. The minimum absolute atomic E-state index is 0.0191. The van der Waals surface area contributed by atoms with Crippen LogP contribution in [-0.2, 0) is 11.2 Å². The summed E-state index contributed by atoms with van der Waals surface area (Å²) in [6.07, 6.45) is -0.0191. The molecule has 0 heterocycles. The van der Waals surface area contributed by atoms with Gasteiger partial charge in [0.2, 0.25) is 0 Å². The third-order valence-corrected chi connectivity index (χ3v) is 3.40. The van der Waals surface area contributed by atoms with E-state index >= 15 is 0 Å². The Kier molecular flexibility index (Phi) is 5.47.